The summed E-state index contributed by atoms with van der Waals surface area (Å²) in [5, 5.41) is 0. The molecule has 1 atom stereocenters. The maximum Gasteiger partial charge on any atom is 0.0658 e. The van der Waals surface area contributed by atoms with E-state index in [0.717, 1.165) is 6.42 Å². The normalized spacial score (nSPS) is 14.6. The van der Waals surface area contributed by atoms with E-state index in [0.29, 0.717) is 0 Å². The van der Waals surface area contributed by atoms with Gasteiger partial charge in [0.1, 0.15) is 0 Å². The number of anilines is 4. The number of para-hydroxylation sites is 4. The first-order chi connectivity index (χ1) is 10.8. The molecular formula is C20H22N2. The molecule has 1 aliphatic rings. The van der Waals surface area contributed by atoms with Crippen molar-refractivity contribution in [2.45, 2.75) is 19.4 Å². The van der Waals surface area contributed by atoms with Crippen molar-refractivity contribution in [3.8, 4) is 0 Å². The van der Waals surface area contributed by atoms with E-state index in [4.69, 9.17) is 0 Å². The predicted octanol–water partition coefficient (Wildman–Crippen LogP) is 5.43. The fourth-order valence-electron chi connectivity index (χ4n) is 3.18. The lowest BCUT2D eigenvalue weighted by atomic mass is 10.0. The van der Waals surface area contributed by atoms with Gasteiger partial charge in [-0.2, -0.15) is 0 Å². The largest absolute Gasteiger partial charge is 0.341 e. The Morgan fingerprint density at radius 3 is 1.91 bits per heavy atom. The number of allylic oxidation sites excluding steroid dienone is 1. The molecule has 0 bridgehead atoms. The molecule has 0 radical (unpaired) electrons. The molecule has 0 fully saturated rings. The van der Waals surface area contributed by atoms with Gasteiger partial charge in [-0.3, -0.25) is 0 Å². The number of benzene rings is 2. The second kappa shape index (κ2) is 6.10. The molecule has 2 nitrogen and oxygen atoms in total. The molecule has 2 aromatic rings. The van der Waals surface area contributed by atoms with E-state index in [1.54, 1.807) is 0 Å². The van der Waals surface area contributed by atoms with Crippen LogP contribution in [-0.4, -0.2) is 13.1 Å². The smallest absolute Gasteiger partial charge is 0.0658 e. The Morgan fingerprint density at radius 2 is 1.45 bits per heavy atom. The summed E-state index contributed by atoms with van der Waals surface area (Å²) in [5.41, 5.74) is 4.96. The third-order valence-corrected chi connectivity index (χ3v) is 4.16. The molecule has 22 heavy (non-hydrogen) atoms. The zero-order valence-electron chi connectivity index (χ0n) is 13.2. The highest BCUT2D eigenvalue weighted by Gasteiger charge is 2.29. The van der Waals surface area contributed by atoms with Crippen LogP contribution in [0.4, 0.5) is 22.7 Å². The van der Waals surface area contributed by atoms with Crippen LogP contribution in [0.3, 0.4) is 0 Å². The summed E-state index contributed by atoms with van der Waals surface area (Å²) in [6.07, 6.45) is 7.28. The highest BCUT2D eigenvalue weighted by atomic mass is 15.3. The molecule has 1 heterocycles. The Bertz CT molecular complexity index is 655. The molecule has 0 saturated heterocycles. The summed E-state index contributed by atoms with van der Waals surface area (Å²) in [5.74, 6) is 0. The number of rotatable bonds is 4. The van der Waals surface area contributed by atoms with Crippen molar-refractivity contribution < 1.29 is 0 Å². The second-order valence-corrected chi connectivity index (χ2v) is 5.52. The Balaban J connectivity index is 2.21. The maximum atomic E-state index is 3.93. The first kappa shape index (κ1) is 14.5. The van der Waals surface area contributed by atoms with Crippen molar-refractivity contribution in [1.82, 2.24) is 0 Å². The van der Waals surface area contributed by atoms with Gasteiger partial charge >= 0.3 is 0 Å². The van der Waals surface area contributed by atoms with Gasteiger partial charge in [-0.1, -0.05) is 42.5 Å². The Hall–Kier alpha value is -2.48. The van der Waals surface area contributed by atoms with Crippen LogP contribution in [0, 0.1) is 0 Å². The van der Waals surface area contributed by atoms with Gasteiger partial charge in [0.25, 0.3) is 0 Å². The second-order valence-electron chi connectivity index (χ2n) is 5.52. The first-order valence-corrected chi connectivity index (χ1v) is 7.72. The lowest BCUT2D eigenvalue weighted by Gasteiger charge is -2.41. The van der Waals surface area contributed by atoms with Crippen molar-refractivity contribution in [3.05, 3.63) is 73.3 Å². The monoisotopic (exact) mass is 290 g/mol. The third kappa shape index (κ3) is 2.31. The number of hydrogen-bond donors (Lipinski definition) is 0. The van der Waals surface area contributed by atoms with Crippen molar-refractivity contribution in [2.24, 2.45) is 0 Å². The topological polar surface area (TPSA) is 6.48 Å². The van der Waals surface area contributed by atoms with Gasteiger partial charge in [-0.05, 0) is 37.6 Å². The van der Waals surface area contributed by atoms with E-state index in [2.05, 4.69) is 91.0 Å². The minimum Gasteiger partial charge on any atom is -0.341 e. The Morgan fingerprint density at radius 1 is 0.955 bits per heavy atom. The number of nitrogens with zero attached hydrogens (tertiary/aromatic N) is 2. The first-order valence-electron chi connectivity index (χ1n) is 7.72. The van der Waals surface area contributed by atoms with Crippen molar-refractivity contribution in [2.75, 3.05) is 16.8 Å². The molecule has 3 rings (SSSR count). The zero-order chi connectivity index (χ0) is 15.5. The third-order valence-electron chi connectivity index (χ3n) is 4.16. The Kier molecular flexibility index (Phi) is 4.01. The van der Waals surface area contributed by atoms with Crippen LogP contribution in [0.5, 0.6) is 0 Å². The predicted molar refractivity (Wildman–Crippen MR) is 96.5 cm³/mol. The molecule has 0 spiro atoms. The van der Waals surface area contributed by atoms with Crippen LogP contribution in [0.1, 0.15) is 13.3 Å². The fourth-order valence-corrected chi connectivity index (χ4v) is 3.18. The van der Waals surface area contributed by atoms with E-state index < -0.39 is 0 Å². The van der Waals surface area contributed by atoms with Gasteiger partial charge in [-0.25, -0.2) is 0 Å². The van der Waals surface area contributed by atoms with E-state index in [1.807, 2.05) is 6.08 Å². The van der Waals surface area contributed by atoms with Gasteiger partial charge in [0, 0.05) is 7.05 Å². The van der Waals surface area contributed by atoms with Gasteiger partial charge in [-0.15, -0.1) is 6.58 Å². The van der Waals surface area contributed by atoms with Crippen molar-refractivity contribution in [1.29, 1.82) is 0 Å². The van der Waals surface area contributed by atoms with Gasteiger partial charge in [0.05, 0.1) is 28.8 Å². The summed E-state index contributed by atoms with van der Waals surface area (Å²) in [6, 6.07) is 17.4. The Labute approximate surface area is 133 Å². The molecule has 1 unspecified atom stereocenters. The highest BCUT2D eigenvalue weighted by molar-refractivity contribution is 5.93. The summed E-state index contributed by atoms with van der Waals surface area (Å²) >= 11 is 0. The van der Waals surface area contributed by atoms with Crippen LogP contribution in [0.25, 0.3) is 0 Å². The molecule has 0 aromatic heterocycles. The lowest BCUT2D eigenvalue weighted by Crippen LogP contribution is -2.34. The average molecular weight is 290 g/mol. The summed E-state index contributed by atoms with van der Waals surface area (Å²) in [6.45, 7) is 6.01. The lowest BCUT2D eigenvalue weighted by molar-refractivity contribution is 0.785. The summed E-state index contributed by atoms with van der Waals surface area (Å²) in [4.78, 5) is 4.69. The van der Waals surface area contributed by atoms with Crippen LogP contribution in [0.15, 0.2) is 73.3 Å². The van der Waals surface area contributed by atoms with Crippen LogP contribution in [0.2, 0.25) is 0 Å². The molecular weight excluding hydrogens is 268 g/mol. The van der Waals surface area contributed by atoms with Crippen LogP contribution >= 0.6 is 0 Å². The SMILES string of the molecule is C=CCC(/C=C\C)N1c2ccccc2N(C)c2ccccc21. The molecule has 0 saturated carbocycles. The maximum absolute atomic E-state index is 3.93. The standard InChI is InChI=1S/C20H22N2/c1-4-10-16(11-5-2)22-19-14-8-6-12-17(19)21(3)18-13-7-9-15-20(18)22/h4-9,11-16H,1,10H2,2-3H3/b11-5-. The van der Waals surface area contributed by atoms with Crippen molar-refractivity contribution in [3.63, 3.8) is 0 Å². The minimum atomic E-state index is 0.276. The number of fused-ring (bicyclic) bond motifs is 2. The minimum absolute atomic E-state index is 0.276. The van der Waals surface area contributed by atoms with Crippen LogP contribution < -0.4 is 9.80 Å². The summed E-state index contributed by atoms with van der Waals surface area (Å²) < 4.78 is 0. The van der Waals surface area contributed by atoms with E-state index in [9.17, 15) is 0 Å². The van der Waals surface area contributed by atoms with Gasteiger partial charge < -0.3 is 9.80 Å². The van der Waals surface area contributed by atoms with E-state index in [1.165, 1.54) is 22.7 Å². The quantitative estimate of drug-likeness (QED) is 0.693. The van der Waals surface area contributed by atoms with E-state index >= 15 is 0 Å². The van der Waals surface area contributed by atoms with Crippen molar-refractivity contribution >= 4 is 22.7 Å². The van der Waals surface area contributed by atoms with E-state index in [-0.39, 0.29) is 6.04 Å². The fraction of sp³-hybridized carbons (Fsp3) is 0.200. The molecule has 0 amide bonds. The zero-order valence-corrected chi connectivity index (χ0v) is 13.2. The summed E-state index contributed by atoms with van der Waals surface area (Å²) in [7, 11) is 2.13. The van der Waals surface area contributed by atoms with Gasteiger partial charge in [0.15, 0.2) is 0 Å². The van der Waals surface area contributed by atoms with Crippen LogP contribution in [-0.2, 0) is 0 Å². The molecule has 1 aliphatic heterocycles. The molecule has 2 aromatic carbocycles. The molecule has 2 heteroatoms. The molecule has 0 N–H and O–H groups in total. The van der Waals surface area contributed by atoms with Gasteiger partial charge in [0.2, 0.25) is 0 Å². The molecule has 0 aliphatic carbocycles. The highest BCUT2D eigenvalue weighted by Crippen LogP contribution is 2.48. The number of hydrogen-bond acceptors (Lipinski definition) is 2. The molecule has 112 valence electrons. The average Bonchev–Trinajstić information content (AvgIpc) is 2.56.